The minimum Gasteiger partial charge on any atom is -0.406 e. The summed E-state index contributed by atoms with van der Waals surface area (Å²) in [6, 6.07) is 3.50. The molecule has 0 unspecified atom stereocenters. The molecule has 0 amide bonds. The number of aryl methyl sites for hydroxylation is 1. The van der Waals surface area contributed by atoms with Gasteiger partial charge in [-0.1, -0.05) is 0 Å². The number of ether oxygens (including phenoxy) is 1. The lowest BCUT2D eigenvalue weighted by molar-refractivity contribution is -0.274. The van der Waals surface area contributed by atoms with E-state index >= 15 is 0 Å². The summed E-state index contributed by atoms with van der Waals surface area (Å²) in [4.78, 5) is 11.1. The van der Waals surface area contributed by atoms with Crippen LogP contribution in [0.5, 0.6) is 5.75 Å². The first-order valence-corrected chi connectivity index (χ1v) is 4.67. The van der Waals surface area contributed by atoms with E-state index in [4.69, 9.17) is 0 Å². The summed E-state index contributed by atoms with van der Waals surface area (Å²) >= 11 is 2.45. The first kappa shape index (κ1) is 12.8. The Kier molecular flexibility index (Phi) is 3.79. The molecule has 0 spiro atoms. The second-order valence-electron chi connectivity index (χ2n) is 2.95. The van der Waals surface area contributed by atoms with Gasteiger partial charge in [-0.05, 0) is 30.7 Å². The lowest BCUT2D eigenvalue weighted by Crippen LogP contribution is -2.17. The molecule has 0 aliphatic heterocycles. The average Bonchev–Trinajstić information content (AvgIpc) is 2.12. The van der Waals surface area contributed by atoms with Crippen molar-refractivity contribution in [3.63, 3.8) is 0 Å². The van der Waals surface area contributed by atoms with Gasteiger partial charge in [0.25, 0.3) is 0 Å². The minimum atomic E-state index is -4.79. The van der Waals surface area contributed by atoms with Crippen molar-refractivity contribution in [3.05, 3.63) is 29.3 Å². The smallest absolute Gasteiger partial charge is 0.406 e. The molecule has 7 heteroatoms. The zero-order chi connectivity index (χ0) is 12.3. The van der Waals surface area contributed by atoms with Crippen LogP contribution in [0.25, 0.3) is 0 Å². The number of benzene rings is 1. The average molecular weight is 299 g/mol. The van der Waals surface area contributed by atoms with Gasteiger partial charge in [0.1, 0.15) is 5.75 Å². The van der Waals surface area contributed by atoms with Gasteiger partial charge in [0.05, 0.1) is 5.56 Å². The fourth-order valence-corrected chi connectivity index (χ4v) is 1.29. The third-order valence-electron chi connectivity index (χ3n) is 1.59. The summed E-state index contributed by atoms with van der Waals surface area (Å²) in [5.74, 6) is -1.25. The van der Waals surface area contributed by atoms with E-state index in [1.807, 2.05) is 0 Å². The Morgan fingerprint density at radius 3 is 2.44 bits per heavy atom. The highest BCUT2D eigenvalue weighted by Crippen LogP contribution is 2.25. The van der Waals surface area contributed by atoms with Crippen molar-refractivity contribution in [1.82, 2.24) is 0 Å². The zero-order valence-corrected chi connectivity index (χ0v) is 9.55. The van der Waals surface area contributed by atoms with Crippen LogP contribution in [-0.2, 0) is 3.83 Å². The van der Waals surface area contributed by atoms with E-state index in [-0.39, 0.29) is 5.56 Å². The number of carbonyl (C=O) groups excluding carboxylic acids is 1. The molecule has 0 aliphatic rings. The second kappa shape index (κ2) is 4.73. The Morgan fingerprint density at radius 2 is 1.94 bits per heavy atom. The molecule has 0 atom stereocenters. The third kappa shape index (κ3) is 3.73. The SMILES string of the molecule is Cc1cc(OC(F)(F)F)cc(C(=O)OBr)c1. The maximum atomic E-state index is 11.9. The van der Waals surface area contributed by atoms with Crippen LogP contribution >= 0.6 is 16.3 Å². The van der Waals surface area contributed by atoms with Crippen LogP contribution in [0.2, 0.25) is 0 Å². The third-order valence-corrected chi connectivity index (χ3v) is 1.88. The molecule has 0 aliphatic carbocycles. The molecule has 0 bridgehead atoms. The monoisotopic (exact) mass is 298 g/mol. The van der Waals surface area contributed by atoms with Crippen LogP contribution in [0.1, 0.15) is 15.9 Å². The zero-order valence-electron chi connectivity index (χ0n) is 7.97. The highest BCUT2D eigenvalue weighted by Gasteiger charge is 2.31. The molecule has 88 valence electrons. The summed E-state index contributed by atoms with van der Waals surface area (Å²) in [6.45, 7) is 1.54. The number of rotatable bonds is 2. The van der Waals surface area contributed by atoms with Gasteiger partial charge in [0.2, 0.25) is 0 Å². The van der Waals surface area contributed by atoms with Crippen molar-refractivity contribution in [3.8, 4) is 5.75 Å². The summed E-state index contributed by atoms with van der Waals surface area (Å²) in [5, 5.41) is 0. The van der Waals surface area contributed by atoms with E-state index in [9.17, 15) is 18.0 Å². The van der Waals surface area contributed by atoms with E-state index in [1.165, 1.54) is 19.1 Å². The number of carbonyl (C=O) groups is 1. The lowest BCUT2D eigenvalue weighted by atomic mass is 10.1. The van der Waals surface area contributed by atoms with Crippen LogP contribution in [0.4, 0.5) is 13.2 Å². The number of halogens is 4. The Morgan fingerprint density at radius 1 is 1.31 bits per heavy atom. The number of hydrogen-bond acceptors (Lipinski definition) is 3. The predicted molar refractivity (Wildman–Crippen MR) is 52.2 cm³/mol. The van der Waals surface area contributed by atoms with Gasteiger partial charge in [0.15, 0.2) is 16.3 Å². The molecular formula is C9H6BrF3O3. The molecule has 0 radical (unpaired) electrons. The Labute approximate surface area is 97.6 Å². The lowest BCUT2D eigenvalue weighted by Gasteiger charge is -2.10. The molecule has 0 fully saturated rings. The van der Waals surface area contributed by atoms with Crippen LogP contribution in [-0.4, -0.2) is 12.3 Å². The molecule has 0 aromatic heterocycles. The molecule has 1 rings (SSSR count). The number of alkyl halides is 3. The molecule has 3 nitrogen and oxygen atoms in total. The van der Waals surface area contributed by atoms with E-state index in [0.717, 1.165) is 6.07 Å². The van der Waals surface area contributed by atoms with Gasteiger partial charge in [0, 0.05) is 0 Å². The van der Waals surface area contributed by atoms with E-state index in [1.54, 1.807) is 0 Å². The first-order chi connectivity index (χ1) is 7.31. The summed E-state index contributed by atoms with van der Waals surface area (Å²) < 4.78 is 43.7. The summed E-state index contributed by atoms with van der Waals surface area (Å²) in [5.41, 5.74) is 0.422. The molecule has 16 heavy (non-hydrogen) atoms. The van der Waals surface area contributed by atoms with Gasteiger partial charge >= 0.3 is 12.3 Å². The van der Waals surface area contributed by atoms with E-state index < -0.39 is 18.1 Å². The van der Waals surface area contributed by atoms with Crippen molar-refractivity contribution in [2.24, 2.45) is 0 Å². The van der Waals surface area contributed by atoms with E-state index in [0.29, 0.717) is 5.56 Å². The standard InChI is InChI=1S/C9H6BrF3O3/c1-5-2-6(8(14)16-10)4-7(3-5)15-9(11,12)13/h2-4H,1H3. The molecule has 0 N–H and O–H groups in total. The molecular weight excluding hydrogens is 293 g/mol. The van der Waals surface area contributed by atoms with Gasteiger partial charge in [-0.2, -0.15) is 0 Å². The van der Waals surface area contributed by atoms with Crippen molar-refractivity contribution >= 4 is 22.2 Å². The molecule has 1 aromatic carbocycles. The minimum absolute atomic E-state index is 0.0314. The van der Waals surface area contributed by atoms with Crippen molar-refractivity contribution < 1.29 is 26.5 Å². The second-order valence-corrected chi connectivity index (χ2v) is 3.27. The summed E-state index contributed by atoms with van der Waals surface area (Å²) in [7, 11) is 0. The fraction of sp³-hybridized carbons (Fsp3) is 0.222. The topological polar surface area (TPSA) is 35.5 Å². The van der Waals surface area contributed by atoms with Gasteiger partial charge in [-0.25, -0.2) is 4.79 Å². The first-order valence-electron chi connectivity index (χ1n) is 4.02. The van der Waals surface area contributed by atoms with Gasteiger partial charge in [-0.3, -0.25) is 0 Å². The van der Waals surface area contributed by atoms with Gasteiger partial charge in [-0.15, -0.1) is 13.2 Å². The largest absolute Gasteiger partial charge is 0.573 e. The quantitative estimate of drug-likeness (QED) is 0.840. The molecule has 0 heterocycles. The van der Waals surface area contributed by atoms with Gasteiger partial charge < -0.3 is 8.57 Å². The Bertz CT molecular complexity index is 403. The van der Waals surface area contributed by atoms with Crippen molar-refractivity contribution in [1.29, 1.82) is 0 Å². The van der Waals surface area contributed by atoms with Crippen molar-refractivity contribution in [2.45, 2.75) is 13.3 Å². The maximum Gasteiger partial charge on any atom is 0.573 e. The normalized spacial score (nSPS) is 11.1. The van der Waals surface area contributed by atoms with Crippen LogP contribution in [0, 0.1) is 6.92 Å². The number of hydrogen-bond donors (Lipinski definition) is 0. The fourth-order valence-electron chi connectivity index (χ4n) is 1.10. The predicted octanol–water partition coefficient (Wildman–Crippen LogP) is 3.36. The molecule has 1 aromatic rings. The van der Waals surface area contributed by atoms with Crippen LogP contribution < -0.4 is 4.74 Å². The highest BCUT2D eigenvalue weighted by atomic mass is 79.9. The van der Waals surface area contributed by atoms with E-state index in [2.05, 4.69) is 24.8 Å². The highest BCUT2D eigenvalue weighted by molar-refractivity contribution is 9.06. The van der Waals surface area contributed by atoms with Crippen LogP contribution in [0.15, 0.2) is 18.2 Å². The maximum absolute atomic E-state index is 11.9. The molecule has 0 saturated carbocycles. The Balaban J connectivity index is 3.03. The van der Waals surface area contributed by atoms with Crippen LogP contribution in [0.3, 0.4) is 0 Å². The molecule has 0 saturated heterocycles. The van der Waals surface area contributed by atoms with Crippen molar-refractivity contribution in [2.75, 3.05) is 0 Å². The summed E-state index contributed by atoms with van der Waals surface area (Å²) in [6.07, 6.45) is -4.79. The Hall–Kier alpha value is -1.24.